The van der Waals surface area contributed by atoms with Crippen LogP contribution in [-0.4, -0.2) is 20.8 Å². The van der Waals surface area contributed by atoms with Crippen molar-refractivity contribution in [2.45, 2.75) is 13.5 Å². The molecule has 4 N–H and O–H groups in total. The summed E-state index contributed by atoms with van der Waals surface area (Å²) in [4.78, 5) is 12.1. The Morgan fingerprint density at radius 2 is 2.26 bits per heavy atom. The molecule has 100 valence electrons. The van der Waals surface area contributed by atoms with Crippen molar-refractivity contribution in [3.63, 3.8) is 0 Å². The van der Waals surface area contributed by atoms with E-state index in [1.165, 1.54) is 6.07 Å². The van der Waals surface area contributed by atoms with Crippen molar-refractivity contribution in [3.8, 4) is 5.75 Å². The number of hydrogen-bond acceptors (Lipinski definition) is 4. The van der Waals surface area contributed by atoms with Crippen LogP contribution in [0.3, 0.4) is 0 Å². The van der Waals surface area contributed by atoms with Crippen molar-refractivity contribution >= 4 is 11.7 Å². The lowest BCUT2D eigenvalue weighted by Gasteiger charge is -2.05. The van der Waals surface area contributed by atoms with E-state index in [4.69, 9.17) is 5.73 Å². The first-order chi connectivity index (χ1) is 9.01. The number of nitrogens with one attached hydrogen (secondary N) is 1. The second-order valence-electron chi connectivity index (χ2n) is 4.34. The highest BCUT2D eigenvalue weighted by Crippen LogP contribution is 2.18. The summed E-state index contributed by atoms with van der Waals surface area (Å²) in [6.07, 6.45) is 1.76. The van der Waals surface area contributed by atoms with Crippen LogP contribution in [0.5, 0.6) is 5.75 Å². The van der Waals surface area contributed by atoms with Crippen LogP contribution in [-0.2, 0) is 13.6 Å². The molecule has 19 heavy (non-hydrogen) atoms. The van der Waals surface area contributed by atoms with Crippen LogP contribution in [0.2, 0.25) is 0 Å². The van der Waals surface area contributed by atoms with Crippen LogP contribution >= 0.6 is 0 Å². The van der Waals surface area contributed by atoms with Gasteiger partial charge in [-0.15, -0.1) is 0 Å². The minimum Gasteiger partial charge on any atom is -0.508 e. The zero-order valence-corrected chi connectivity index (χ0v) is 10.8. The zero-order chi connectivity index (χ0) is 14.0. The SMILES string of the molecule is Cc1cc(C(=O)Nc2nn(C)cc2CN)ccc1O. The number of phenols is 1. The number of phenolic OH excluding ortho intramolecular Hbond substituents is 1. The third-order valence-electron chi connectivity index (χ3n) is 2.82. The summed E-state index contributed by atoms with van der Waals surface area (Å²) in [6.45, 7) is 2.04. The van der Waals surface area contributed by atoms with E-state index < -0.39 is 0 Å². The largest absolute Gasteiger partial charge is 0.508 e. The average molecular weight is 260 g/mol. The highest BCUT2D eigenvalue weighted by Gasteiger charge is 2.12. The lowest BCUT2D eigenvalue weighted by Crippen LogP contribution is -2.14. The second-order valence-corrected chi connectivity index (χ2v) is 4.34. The Bertz CT molecular complexity index is 619. The Balaban J connectivity index is 2.22. The molecule has 0 unspecified atom stereocenters. The number of amides is 1. The molecule has 0 aliphatic rings. The Morgan fingerprint density at radius 1 is 1.53 bits per heavy atom. The molecule has 1 heterocycles. The number of aryl methyl sites for hydroxylation is 2. The molecule has 0 spiro atoms. The summed E-state index contributed by atoms with van der Waals surface area (Å²) in [5.74, 6) is 0.342. The predicted molar refractivity (Wildman–Crippen MR) is 71.9 cm³/mol. The van der Waals surface area contributed by atoms with Crippen LogP contribution in [0.15, 0.2) is 24.4 Å². The molecule has 6 heteroatoms. The minimum atomic E-state index is -0.281. The second kappa shape index (κ2) is 5.11. The molecule has 1 aromatic heterocycles. The molecule has 0 aliphatic carbocycles. The van der Waals surface area contributed by atoms with Crippen molar-refractivity contribution in [3.05, 3.63) is 41.1 Å². The molecular weight excluding hydrogens is 244 g/mol. The molecule has 2 rings (SSSR count). The van der Waals surface area contributed by atoms with E-state index in [0.29, 0.717) is 23.5 Å². The molecule has 0 radical (unpaired) electrons. The first kappa shape index (κ1) is 13.1. The van der Waals surface area contributed by atoms with Gasteiger partial charge in [-0.1, -0.05) is 0 Å². The van der Waals surface area contributed by atoms with Crippen molar-refractivity contribution in [2.24, 2.45) is 12.8 Å². The number of benzene rings is 1. The number of nitrogens with two attached hydrogens (primary N) is 1. The lowest BCUT2D eigenvalue weighted by molar-refractivity contribution is 0.102. The van der Waals surface area contributed by atoms with Gasteiger partial charge in [0.05, 0.1) is 0 Å². The summed E-state index contributed by atoms with van der Waals surface area (Å²) in [6, 6.07) is 4.67. The standard InChI is InChI=1S/C13H16N4O2/c1-8-5-9(3-4-11(8)18)13(19)15-12-10(6-14)7-17(2)16-12/h3-5,7,18H,6,14H2,1-2H3,(H,15,16,19). The highest BCUT2D eigenvalue weighted by molar-refractivity contribution is 6.04. The van der Waals surface area contributed by atoms with E-state index in [2.05, 4.69) is 10.4 Å². The Morgan fingerprint density at radius 3 is 2.89 bits per heavy atom. The smallest absolute Gasteiger partial charge is 0.256 e. The maximum absolute atomic E-state index is 12.1. The van der Waals surface area contributed by atoms with Gasteiger partial charge >= 0.3 is 0 Å². The molecule has 0 saturated heterocycles. The predicted octanol–water partition coefficient (Wildman–Crippen LogP) is 1.15. The molecule has 0 atom stereocenters. The number of hydrogen-bond donors (Lipinski definition) is 3. The molecule has 1 aromatic carbocycles. The summed E-state index contributed by atoms with van der Waals surface area (Å²) in [5.41, 5.74) is 7.46. The first-order valence-corrected chi connectivity index (χ1v) is 5.85. The van der Waals surface area contributed by atoms with Gasteiger partial charge in [0.25, 0.3) is 5.91 Å². The van der Waals surface area contributed by atoms with E-state index in [1.54, 1.807) is 37.0 Å². The number of anilines is 1. The average Bonchev–Trinajstić information content (AvgIpc) is 2.72. The van der Waals surface area contributed by atoms with Gasteiger partial charge in [0, 0.05) is 30.9 Å². The van der Waals surface area contributed by atoms with Crippen LogP contribution in [0.4, 0.5) is 5.82 Å². The quantitative estimate of drug-likeness (QED) is 0.771. The van der Waals surface area contributed by atoms with Crippen molar-refractivity contribution in [1.82, 2.24) is 9.78 Å². The third-order valence-corrected chi connectivity index (χ3v) is 2.82. The Kier molecular flexibility index (Phi) is 3.52. The fourth-order valence-corrected chi connectivity index (χ4v) is 1.77. The maximum Gasteiger partial charge on any atom is 0.256 e. The van der Waals surface area contributed by atoms with E-state index in [-0.39, 0.29) is 11.7 Å². The van der Waals surface area contributed by atoms with Crippen LogP contribution in [0, 0.1) is 6.92 Å². The van der Waals surface area contributed by atoms with Crippen molar-refractivity contribution in [2.75, 3.05) is 5.32 Å². The van der Waals surface area contributed by atoms with Crippen LogP contribution in [0.1, 0.15) is 21.5 Å². The molecule has 0 aliphatic heterocycles. The van der Waals surface area contributed by atoms with Gasteiger partial charge in [0.1, 0.15) is 5.75 Å². The number of carbonyl (C=O) groups excluding carboxylic acids is 1. The van der Waals surface area contributed by atoms with E-state index in [9.17, 15) is 9.90 Å². The number of rotatable bonds is 3. The van der Waals surface area contributed by atoms with Crippen LogP contribution in [0.25, 0.3) is 0 Å². The number of carbonyl (C=O) groups is 1. The van der Waals surface area contributed by atoms with E-state index >= 15 is 0 Å². The van der Waals surface area contributed by atoms with E-state index in [1.807, 2.05) is 0 Å². The van der Waals surface area contributed by atoms with Gasteiger partial charge in [-0.05, 0) is 30.7 Å². The highest BCUT2D eigenvalue weighted by atomic mass is 16.3. The normalized spacial score (nSPS) is 10.5. The zero-order valence-electron chi connectivity index (χ0n) is 10.8. The van der Waals surface area contributed by atoms with E-state index in [0.717, 1.165) is 5.56 Å². The number of nitrogens with zero attached hydrogens (tertiary/aromatic N) is 2. The van der Waals surface area contributed by atoms with Gasteiger partial charge in [-0.2, -0.15) is 5.10 Å². The topological polar surface area (TPSA) is 93.2 Å². The Hall–Kier alpha value is -2.34. The van der Waals surface area contributed by atoms with Crippen molar-refractivity contribution < 1.29 is 9.90 Å². The molecule has 0 saturated carbocycles. The van der Waals surface area contributed by atoms with Crippen LogP contribution < -0.4 is 11.1 Å². The van der Waals surface area contributed by atoms with Gasteiger partial charge in [0.2, 0.25) is 0 Å². The number of aromatic hydroxyl groups is 1. The summed E-state index contributed by atoms with van der Waals surface area (Å²) in [7, 11) is 1.76. The molecule has 0 bridgehead atoms. The summed E-state index contributed by atoms with van der Waals surface area (Å²) < 4.78 is 1.60. The molecule has 1 amide bonds. The maximum atomic E-state index is 12.1. The molecular formula is C13H16N4O2. The van der Waals surface area contributed by atoms with Gasteiger partial charge in [0.15, 0.2) is 5.82 Å². The molecule has 2 aromatic rings. The van der Waals surface area contributed by atoms with Gasteiger partial charge in [-0.25, -0.2) is 0 Å². The molecule has 6 nitrogen and oxygen atoms in total. The van der Waals surface area contributed by atoms with Crippen molar-refractivity contribution in [1.29, 1.82) is 0 Å². The lowest BCUT2D eigenvalue weighted by atomic mass is 10.1. The van der Waals surface area contributed by atoms with Gasteiger partial charge < -0.3 is 16.2 Å². The fourth-order valence-electron chi connectivity index (χ4n) is 1.77. The Labute approximate surface area is 110 Å². The summed E-state index contributed by atoms with van der Waals surface area (Å²) >= 11 is 0. The monoisotopic (exact) mass is 260 g/mol. The fraction of sp³-hybridized carbons (Fsp3) is 0.231. The summed E-state index contributed by atoms with van der Waals surface area (Å²) in [5, 5.41) is 16.3. The number of aromatic nitrogens is 2. The van der Waals surface area contributed by atoms with Gasteiger partial charge in [-0.3, -0.25) is 9.48 Å². The third kappa shape index (κ3) is 2.74. The first-order valence-electron chi connectivity index (χ1n) is 5.85. The minimum absolute atomic E-state index is 0.164. The molecule has 0 fully saturated rings.